The van der Waals surface area contributed by atoms with Crippen molar-refractivity contribution in [2.24, 2.45) is 9.39 Å². The third-order valence-electron chi connectivity index (χ3n) is 2.72. The van der Waals surface area contributed by atoms with Crippen LogP contribution in [0.1, 0.15) is 11.5 Å². The van der Waals surface area contributed by atoms with E-state index in [1.807, 2.05) is 13.2 Å². The highest BCUT2D eigenvalue weighted by Gasteiger charge is 2.37. The number of rotatable bonds is 1. The van der Waals surface area contributed by atoms with Gasteiger partial charge in [0.15, 0.2) is 5.17 Å². The SMILES string of the molecule is CSC1=NSC2=NC(=O)C(=Cc3ccc(C)o3)C(=N)N12. The summed E-state index contributed by atoms with van der Waals surface area (Å²) < 4.78 is 9.59. The molecule has 2 aliphatic heterocycles. The van der Waals surface area contributed by atoms with Crippen molar-refractivity contribution in [3.05, 3.63) is 29.2 Å². The zero-order chi connectivity index (χ0) is 14.3. The van der Waals surface area contributed by atoms with Gasteiger partial charge in [0.1, 0.15) is 17.4 Å². The van der Waals surface area contributed by atoms with Gasteiger partial charge in [-0.2, -0.15) is 9.39 Å². The van der Waals surface area contributed by atoms with Crippen molar-refractivity contribution in [3.8, 4) is 0 Å². The first kappa shape index (κ1) is 13.2. The number of hydrogen-bond acceptors (Lipinski definition) is 6. The van der Waals surface area contributed by atoms with Crippen LogP contribution >= 0.6 is 23.7 Å². The van der Waals surface area contributed by atoms with Crippen LogP contribution in [0.2, 0.25) is 0 Å². The van der Waals surface area contributed by atoms with Crippen LogP contribution in [0.5, 0.6) is 0 Å². The zero-order valence-electron chi connectivity index (χ0n) is 10.7. The van der Waals surface area contributed by atoms with Crippen molar-refractivity contribution in [2.75, 3.05) is 6.26 Å². The van der Waals surface area contributed by atoms with E-state index in [0.717, 1.165) is 17.7 Å². The number of aliphatic imine (C=N–C) groups is 1. The minimum absolute atomic E-state index is 0.0761. The lowest BCUT2D eigenvalue weighted by molar-refractivity contribution is -0.114. The summed E-state index contributed by atoms with van der Waals surface area (Å²) in [7, 11) is 0. The zero-order valence-corrected chi connectivity index (χ0v) is 12.3. The highest BCUT2D eigenvalue weighted by molar-refractivity contribution is 8.18. The third-order valence-corrected chi connectivity index (χ3v) is 4.18. The van der Waals surface area contributed by atoms with Gasteiger partial charge in [0.05, 0.1) is 17.5 Å². The summed E-state index contributed by atoms with van der Waals surface area (Å²) in [6.45, 7) is 1.82. The van der Waals surface area contributed by atoms with Crippen LogP contribution in [-0.4, -0.2) is 33.2 Å². The number of hydrogen-bond donors (Lipinski definition) is 1. The van der Waals surface area contributed by atoms with E-state index in [9.17, 15) is 4.79 Å². The molecule has 0 aromatic carbocycles. The van der Waals surface area contributed by atoms with Crippen LogP contribution in [0.15, 0.2) is 31.5 Å². The van der Waals surface area contributed by atoms with E-state index in [-0.39, 0.29) is 11.4 Å². The second-order valence-electron chi connectivity index (χ2n) is 4.06. The highest BCUT2D eigenvalue weighted by Crippen LogP contribution is 2.31. The Balaban J connectivity index is 2.02. The molecule has 0 unspecified atom stereocenters. The first-order valence-corrected chi connectivity index (χ1v) is 7.69. The number of aryl methyl sites for hydroxylation is 1. The molecule has 6 nitrogen and oxygen atoms in total. The fourth-order valence-electron chi connectivity index (χ4n) is 1.81. The molecule has 2 aliphatic rings. The second kappa shape index (κ2) is 4.95. The Hall–Kier alpha value is -1.80. The standard InChI is InChI=1S/C12H10N4O2S2/c1-6-3-4-7(18-6)5-8-9(13)16-11(14-10(8)17)20-15-12(16)19-2/h3-5,13H,1-2H3. The quantitative estimate of drug-likeness (QED) is 0.637. The topological polar surface area (TPSA) is 82.0 Å². The number of thioether (sulfide) groups is 1. The summed E-state index contributed by atoms with van der Waals surface area (Å²) in [5.41, 5.74) is 0.201. The Morgan fingerprint density at radius 3 is 2.95 bits per heavy atom. The highest BCUT2D eigenvalue weighted by atomic mass is 32.2. The Bertz CT molecular complexity index is 702. The number of nitrogens with zero attached hydrogens (tertiary/aromatic N) is 3. The summed E-state index contributed by atoms with van der Waals surface area (Å²) >= 11 is 2.52. The summed E-state index contributed by atoms with van der Waals surface area (Å²) in [6, 6.07) is 3.56. The summed E-state index contributed by atoms with van der Waals surface area (Å²) in [4.78, 5) is 17.6. The van der Waals surface area contributed by atoms with Gasteiger partial charge < -0.3 is 4.42 Å². The van der Waals surface area contributed by atoms with E-state index in [0.29, 0.717) is 16.1 Å². The first-order valence-electron chi connectivity index (χ1n) is 5.69. The lowest BCUT2D eigenvalue weighted by Crippen LogP contribution is -2.41. The van der Waals surface area contributed by atoms with Crippen molar-refractivity contribution in [2.45, 2.75) is 6.92 Å². The Morgan fingerprint density at radius 2 is 2.30 bits per heavy atom. The molecule has 3 heterocycles. The molecular formula is C12H10N4O2S2. The van der Waals surface area contributed by atoms with Gasteiger partial charge in [0, 0.05) is 0 Å². The molecule has 1 aromatic heterocycles. The molecule has 0 saturated heterocycles. The minimum atomic E-state index is -0.444. The number of nitrogens with one attached hydrogen (secondary N) is 1. The van der Waals surface area contributed by atoms with Crippen molar-refractivity contribution in [1.29, 1.82) is 5.41 Å². The Kier molecular flexibility index (Phi) is 3.27. The van der Waals surface area contributed by atoms with Crippen molar-refractivity contribution in [3.63, 3.8) is 0 Å². The number of furan rings is 1. The monoisotopic (exact) mass is 306 g/mol. The molecule has 0 bridgehead atoms. The van der Waals surface area contributed by atoms with Crippen LogP contribution < -0.4 is 0 Å². The maximum absolute atomic E-state index is 12.0. The van der Waals surface area contributed by atoms with E-state index in [2.05, 4.69) is 9.39 Å². The van der Waals surface area contributed by atoms with Crippen LogP contribution in [0.3, 0.4) is 0 Å². The molecule has 1 aromatic rings. The fourth-order valence-corrected chi connectivity index (χ4v) is 3.26. The predicted molar refractivity (Wildman–Crippen MR) is 82.0 cm³/mol. The molecular weight excluding hydrogens is 296 g/mol. The number of fused-ring (bicyclic) bond motifs is 1. The van der Waals surface area contributed by atoms with Crippen LogP contribution in [0.25, 0.3) is 6.08 Å². The summed E-state index contributed by atoms with van der Waals surface area (Å²) in [5.74, 6) is 0.912. The predicted octanol–water partition coefficient (Wildman–Crippen LogP) is 2.53. The molecule has 8 heteroatoms. The van der Waals surface area contributed by atoms with Gasteiger partial charge in [-0.1, -0.05) is 11.8 Å². The number of amidine groups is 3. The lowest BCUT2D eigenvalue weighted by Gasteiger charge is -2.23. The van der Waals surface area contributed by atoms with Crippen LogP contribution in [-0.2, 0) is 4.79 Å². The van der Waals surface area contributed by atoms with E-state index >= 15 is 0 Å². The maximum Gasteiger partial charge on any atom is 0.283 e. The number of carbonyl (C=O) groups is 1. The van der Waals surface area contributed by atoms with Crippen LogP contribution in [0.4, 0.5) is 0 Å². The van der Waals surface area contributed by atoms with Gasteiger partial charge in [-0.3, -0.25) is 10.2 Å². The van der Waals surface area contributed by atoms with E-state index in [4.69, 9.17) is 9.83 Å². The van der Waals surface area contributed by atoms with Crippen LogP contribution in [0, 0.1) is 12.3 Å². The summed E-state index contributed by atoms with van der Waals surface area (Å²) in [6.07, 6.45) is 3.41. The average molecular weight is 306 g/mol. The van der Waals surface area contributed by atoms with Crippen molar-refractivity contribution < 1.29 is 9.21 Å². The Labute approximate surface area is 123 Å². The molecule has 20 heavy (non-hydrogen) atoms. The number of amides is 1. The molecule has 1 amide bonds. The summed E-state index contributed by atoms with van der Waals surface area (Å²) in [5, 5.41) is 9.27. The fraction of sp³-hybridized carbons (Fsp3) is 0.167. The molecule has 0 aliphatic carbocycles. The van der Waals surface area contributed by atoms with E-state index < -0.39 is 5.91 Å². The Morgan fingerprint density at radius 1 is 1.50 bits per heavy atom. The largest absolute Gasteiger partial charge is 0.462 e. The molecule has 0 saturated carbocycles. The first-order chi connectivity index (χ1) is 9.60. The van der Waals surface area contributed by atoms with E-state index in [1.165, 1.54) is 11.8 Å². The third kappa shape index (κ3) is 2.10. The number of carbonyl (C=O) groups excluding carboxylic acids is 1. The smallest absolute Gasteiger partial charge is 0.283 e. The molecule has 1 N–H and O–H groups in total. The molecule has 0 radical (unpaired) electrons. The normalized spacial score (nSPS) is 20.3. The molecule has 3 rings (SSSR count). The van der Waals surface area contributed by atoms with Gasteiger partial charge in [-0.25, -0.2) is 4.90 Å². The second-order valence-corrected chi connectivity index (χ2v) is 5.56. The van der Waals surface area contributed by atoms with Crippen molar-refractivity contribution in [1.82, 2.24) is 4.90 Å². The van der Waals surface area contributed by atoms with Gasteiger partial charge in [-0.05, 0) is 31.4 Å². The molecule has 102 valence electrons. The average Bonchev–Trinajstić information content (AvgIpc) is 3.00. The molecule has 0 spiro atoms. The molecule has 0 fully saturated rings. The van der Waals surface area contributed by atoms with Gasteiger partial charge in [0.2, 0.25) is 5.17 Å². The molecule has 0 atom stereocenters. The van der Waals surface area contributed by atoms with Gasteiger partial charge in [0.25, 0.3) is 5.91 Å². The van der Waals surface area contributed by atoms with E-state index in [1.54, 1.807) is 23.1 Å². The minimum Gasteiger partial charge on any atom is -0.462 e. The van der Waals surface area contributed by atoms with Crippen molar-refractivity contribution >= 4 is 51.9 Å². The lowest BCUT2D eigenvalue weighted by atomic mass is 10.1. The maximum atomic E-state index is 12.0. The van der Waals surface area contributed by atoms with Gasteiger partial charge >= 0.3 is 0 Å². The van der Waals surface area contributed by atoms with Gasteiger partial charge in [-0.15, -0.1) is 0 Å².